The van der Waals surface area contributed by atoms with Crippen LogP contribution in [0.15, 0.2) is 24.3 Å². The molecule has 2 heteroatoms. The van der Waals surface area contributed by atoms with Gasteiger partial charge in [-0.15, -0.1) is 6.42 Å². The molecule has 1 saturated carbocycles. The average molecular weight is 243 g/mol. The van der Waals surface area contributed by atoms with Crippen LogP contribution in [-0.2, 0) is 6.54 Å². The molecule has 1 aliphatic carbocycles. The number of nitrogens with one attached hydrogen (secondary N) is 1. The van der Waals surface area contributed by atoms with Crippen molar-refractivity contribution in [2.75, 3.05) is 13.2 Å². The van der Waals surface area contributed by atoms with Gasteiger partial charge in [0.25, 0.3) is 0 Å². The van der Waals surface area contributed by atoms with Gasteiger partial charge in [-0.2, -0.15) is 0 Å². The molecule has 0 unspecified atom stereocenters. The Morgan fingerprint density at radius 2 is 2.17 bits per heavy atom. The van der Waals surface area contributed by atoms with E-state index in [9.17, 15) is 0 Å². The molecule has 0 saturated heterocycles. The van der Waals surface area contributed by atoms with Gasteiger partial charge in [0.2, 0.25) is 0 Å². The van der Waals surface area contributed by atoms with Crippen molar-refractivity contribution in [2.45, 2.75) is 32.7 Å². The quantitative estimate of drug-likeness (QED) is 0.743. The zero-order valence-electron chi connectivity index (χ0n) is 11.0. The van der Waals surface area contributed by atoms with Crippen LogP contribution in [-0.4, -0.2) is 13.2 Å². The molecule has 96 valence electrons. The molecule has 1 aromatic rings. The number of terminal acetylenes is 1. The first-order valence-corrected chi connectivity index (χ1v) is 6.64. The first-order chi connectivity index (χ1) is 8.79. The first-order valence-electron chi connectivity index (χ1n) is 6.64. The Balaban J connectivity index is 1.86. The second-order valence-corrected chi connectivity index (χ2v) is 5.06. The molecule has 2 rings (SSSR count). The Morgan fingerprint density at radius 3 is 2.83 bits per heavy atom. The van der Waals surface area contributed by atoms with E-state index in [1.165, 1.54) is 24.8 Å². The topological polar surface area (TPSA) is 21.3 Å². The Bertz CT molecular complexity index is 429. The van der Waals surface area contributed by atoms with Crippen molar-refractivity contribution in [3.8, 4) is 18.1 Å². The highest BCUT2D eigenvalue weighted by atomic mass is 16.5. The third kappa shape index (κ3) is 3.27. The summed E-state index contributed by atoms with van der Waals surface area (Å²) in [5, 5.41) is 3.54. The molecule has 0 amide bonds. The second-order valence-electron chi connectivity index (χ2n) is 5.06. The van der Waals surface area contributed by atoms with Crippen molar-refractivity contribution in [3.05, 3.63) is 29.8 Å². The zero-order chi connectivity index (χ0) is 12.8. The Morgan fingerprint density at radius 1 is 1.39 bits per heavy atom. The van der Waals surface area contributed by atoms with Crippen LogP contribution in [0.4, 0.5) is 0 Å². The predicted octanol–water partition coefficient (Wildman–Crippen LogP) is 2.98. The monoisotopic (exact) mass is 243 g/mol. The van der Waals surface area contributed by atoms with Crippen LogP contribution >= 0.6 is 0 Å². The molecule has 0 aliphatic heterocycles. The number of benzene rings is 1. The van der Waals surface area contributed by atoms with Crippen molar-refractivity contribution in [2.24, 2.45) is 5.41 Å². The fourth-order valence-electron chi connectivity index (χ4n) is 2.20. The van der Waals surface area contributed by atoms with Gasteiger partial charge in [-0.1, -0.05) is 31.0 Å². The first kappa shape index (κ1) is 13.0. The van der Waals surface area contributed by atoms with E-state index in [-0.39, 0.29) is 0 Å². The fraction of sp³-hybridized carbons (Fsp3) is 0.500. The molecule has 1 aliphatic rings. The van der Waals surface area contributed by atoms with Gasteiger partial charge >= 0.3 is 0 Å². The summed E-state index contributed by atoms with van der Waals surface area (Å²) in [4.78, 5) is 0. The molecule has 1 aromatic carbocycles. The van der Waals surface area contributed by atoms with Crippen molar-refractivity contribution in [1.82, 2.24) is 5.32 Å². The van der Waals surface area contributed by atoms with Crippen LogP contribution in [0.5, 0.6) is 5.75 Å². The molecule has 1 N–H and O–H groups in total. The van der Waals surface area contributed by atoms with Gasteiger partial charge in [-0.05, 0) is 30.7 Å². The lowest BCUT2D eigenvalue weighted by Gasteiger charge is -2.15. The van der Waals surface area contributed by atoms with Crippen LogP contribution < -0.4 is 10.1 Å². The minimum Gasteiger partial charge on any atom is -0.481 e. The summed E-state index contributed by atoms with van der Waals surface area (Å²) in [7, 11) is 0. The van der Waals surface area contributed by atoms with Crippen LogP contribution in [0.2, 0.25) is 0 Å². The number of para-hydroxylation sites is 1. The average Bonchev–Trinajstić information content (AvgIpc) is 3.18. The molecule has 2 nitrogen and oxygen atoms in total. The summed E-state index contributed by atoms with van der Waals surface area (Å²) >= 11 is 0. The van der Waals surface area contributed by atoms with E-state index in [2.05, 4.69) is 24.2 Å². The zero-order valence-corrected chi connectivity index (χ0v) is 11.0. The van der Waals surface area contributed by atoms with Crippen LogP contribution in [0.25, 0.3) is 0 Å². The Kier molecular flexibility index (Phi) is 4.28. The lowest BCUT2D eigenvalue weighted by molar-refractivity contribution is 0.363. The number of hydrogen-bond acceptors (Lipinski definition) is 2. The molecule has 0 spiro atoms. The van der Waals surface area contributed by atoms with Gasteiger partial charge in [0.05, 0.1) is 0 Å². The molecule has 0 atom stereocenters. The minimum atomic E-state index is 0.329. The van der Waals surface area contributed by atoms with E-state index >= 15 is 0 Å². The third-order valence-corrected chi connectivity index (χ3v) is 3.81. The standard InChI is InChI=1S/C16H21NO/c1-3-11-18-15-8-6-5-7-14(15)12-17-13-16(4-2)9-10-16/h1,5-8,17H,4,9-13H2,2H3. The fourth-order valence-corrected chi connectivity index (χ4v) is 2.20. The summed E-state index contributed by atoms with van der Waals surface area (Å²) in [6, 6.07) is 8.07. The van der Waals surface area contributed by atoms with Crippen LogP contribution in [0.1, 0.15) is 31.7 Å². The predicted molar refractivity (Wildman–Crippen MR) is 74.4 cm³/mol. The van der Waals surface area contributed by atoms with Crippen LogP contribution in [0, 0.1) is 17.8 Å². The van der Waals surface area contributed by atoms with E-state index in [0.717, 1.165) is 18.8 Å². The lowest BCUT2D eigenvalue weighted by Crippen LogP contribution is -2.23. The lowest BCUT2D eigenvalue weighted by atomic mass is 10.0. The Hall–Kier alpha value is -1.46. The van der Waals surface area contributed by atoms with E-state index in [1.807, 2.05) is 18.2 Å². The summed E-state index contributed by atoms with van der Waals surface area (Å²) in [6.07, 6.45) is 9.23. The number of ether oxygens (including phenoxy) is 1. The maximum atomic E-state index is 5.53. The minimum absolute atomic E-state index is 0.329. The highest BCUT2D eigenvalue weighted by Crippen LogP contribution is 2.47. The molecule has 1 fully saturated rings. The molecule has 0 radical (unpaired) electrons. The van der Waals surface area contributed by atoms with Crippen molar-refractivity contribution < 1.29 is 4.74 Å². The number of hydrogen-bond donors (Lipinski definition) is 1. The highest BCUT2D eigenvalue weighted by Gasteiger charge is 2.39. The van der Waals surface area contributed by atoms with E-state index in [0.29, 0.717) is 12.0 Å². The maximum absolute atomic E-state index is 5.53. The van der Waals surface area contributed by atoms with Gasteiger partial charge in [-0.25, -0.2) is 0 Å². The van der Waals surface area contributed by atoms with Crippen molar-refractivity contribution in [3.63, 3.8) is 0 Å². The largest absolute Gasteiger partial charge is 0.481 e. The van der Waals surface area contributed by atoms with Crippen molar-refractivity contribution in [1.29, 1.82) is 0 Å². The summed E-state index contributed by atoms with van der Waals surface area (Å²) in [5.41, 5.74) is 1.76. The molecule has 18 heavy (non-hydrogen) atoms. The van der Waals surface area contributed by atoms with E-state index in [1.54, 1.807) is 0 Å². The van der Waals surface area contributed by atoms with Gasteiger partial charge in [0.15, 0.2) is 0 Å². The van der Waals surface area contributed by atoms with Crippen LogP contribution in [0.3, 0.4) is 0 Å². The molecule has 0 heterocycles. The van der Waals surface area contributed by atoms with Crippen molar-refractivity contribution >= 4 is 0 Å². The van der Waals surface area contributed by atoms with Gasteiger partial charge < -0.3 is 10.1 Å². The van der Waals surface area contributed by atoms with Gasteiger partial charge in [0, 0.05) is 18.7 Å². The highest BCUT2D eigenvalue weighted by molar-refractivity contribution is 5.33. The van der Waals surface area contributed by atoms with E-state index in [4.69, 9.17) is 11.2 Å². The maximum Gasteiger partial charge on any atom is 0.148 e. The van der Waals surface area contributed by atoms with Gasteiger partial charge in [-0.3, -0.25) is 0 Å². The smallest absolute Gasteiger partial charge is 0.148 e. The summed E-state index contributed by atoms with van der Waals surface area (Å²) in [5.74, 6) is 3.39. The molecule has 0 bridgehead atoms. The Labute approximate surface area is 110 Å². The number of rotatable bonds is 7. The normalized spacial score (nSPS) is 16.0. The molecular formula is C16H21NO. The summed E-state index contributed by atoms with van der Waals surface area (Å²) in [6.45, 7) is 4.56. The summed E-state index contributed by atoms with van der Waals surface area (Å²) < 4.78 is 5.53. The van der Waals surface area contributed by atoms with E-state index < -0.39 is 0 Å². The third-order valence-electron chi connectivity index (χ3n) is 3.81. The van der Waals surface area contributed by atoms with Gasteiger partial charge in [0.1, 0.15) is 12.4 Å². The second kappa shape index (κ2) is 5.93. The SMILES string of the molecule is C#CCOc1ccccc1CNCC1(CC)CC1. The molecular weight excluding hydrogens is 222 g/mol. The molecule has 0 aromatic heterocycles.